The molecule has 0 amide bonds. The molecular formula is C22H19N3O3S. The first-order valence-electron chi connectivity index (χ1n) is 9.13. The van der Waals surface area contributed by atoms with E-state index < -0.39 is 0 Å². The van der Waals surface area contributed by atoms with Crippen LogP contribution in [0.5, 0.6) is 11.5 Å². The highest BCUT2D eigenvalue weighted by atomic mass is 32.1. The Morgan fingerprint density at radius 2 is 1.90 bits per heavy atom. The van der Waals surface area contributed by atoms with Gasteiger partial charge in [-0.15, -0.1) is 5.10 Å². The Hall–Kier alpha value is -3.45. The number of hydrogen-bond acceptors (Lipinski definition) is 6. The molecule has 2 aromatic heterocycles. The first kappa shape index (κ1) is 18.9. The second-order valence-electron chi connectivity index (χ2n) is 6.17. The van der Waals surface area contributed by atoms with Gasteiger partial charge < -0.3 is 9.47 Å². The van der Waals surface area contributed by atoms with Crippen molar-refractivity contribution in [2.45, 2.75) is 6.92 Å². The molecule has 4 rings (SSSR count). The monoisotopic (exact) mass is 405 g/mol. The lowest BCUT2D eigenvalue weighted by Crippen LogP contribution is -2.23. The van der Waals surface area contributed by atoms with E-state index in [9.17, 15) is 4.79 Å². The average molecular weight is 405 g/mol. The standard InChI is InChI=1S/C22H19N3O3S/c1-3-28-17-11-9-16(13-18(17)27-2)14-19-21(26)25-22(29-19)23-20(24-25)12-10-15-7-5-4-6-8-15/h4-14H,3H2,1-2H3. The maximum atomic E-state index is 12.7. The van der Waals surface area contributed by atoms with Crippen molar-refractivity contribution in [3.8, 4) is 11.5 Å². The van der Waals surface area contributed by atoms with Crippen molar-refractivity contribution in [3.63, 3.8) is 0 Å². The number of benzene rings is 2. The Kier molecular flexibility index (Phi) is 5.39. The van der Waals surface area contributed by atoms with Gasteiger partial charge in [-0.05, 0) is 42.3 Å². The van der Waals surface area contributed by atoms with Crippen LogP contribution in [-0.4, -0.2) is 28.3 Å². The largest absolute Gasteiger partial charge is 0.493 e. The zero-order chi connectivity index (χ0) is 20.2. The number of fused-ring (bicyclic) bond motifs is 1. The molecule has 0 bridgehead atoms. The molecule has 0 saturated carbocycles. The predicted molar refractivity (Wildman–Crippen MR) is 115 cm³/mol. The second kappa shape index (κ2) is 8.28. The lowest BCUT2D eigenvalue weighted by atomic mass is 10.2. The van der Waals surface area contributed by atoms with Crippen molar-refractivity contribution >= 4 is 34.5 Å². The molecule has 0 fully saturated rings. The molecule has 0 saturated heterocycles. The molecule has 4 aromatic rings. The fraction of sp³-hybridized carbons (Fsp3) is 0.136. The van der Waals surface area contributed by atoms with Gasteiger partial charge in [0.15, 0.2) is 17.3 Å². The van der Waals surface area contributed by atoms with Crippen LogP contribution in [0, 0.1) is 0 Å². The van der Waals surface area contributed by atoms with Gasteiger partial charge in [0.25, 0.3) is 5.56 Å². The van der Waals surface area contributed by atoms with Crippen molar-refractivity contribution in [1.82, 2.24) is 14.6 Å². The number of aromatic nitrogens is 3. The number of thiazole rings is 1. The number of rotatable bonds is 6. The summed E-state index contributed by atoms with van der Waals surface area (Å²) in [7, 11) is 1.59. The number of hydrogen-bond donors (Lipinski definition) is 0. The first-order valence-corrected chi connectivity index (χ1v) is 9.95. The van der Waals surface area contributed by atoms with Crippen LogP contribution in [0.3, 0.4) is 0 Å². The zero-order valence-electron chi connectivity index (χ0n) is 16.0. The molecular weight excluding hydrogens is 386 g/mol. The van der Waals surface area contributed by atoms with Crippen LogP contribution in [0.1, 0.15) is 23.9 Å². The minimum Gasteiger partial charge on any atom is -0.493 e. The third-order valence-electron chi connectivity index (χ3n) is 4.21. The summed E-state index contributed by atoms with van der Waals surface area (Å²) < 4.78 is 12.8. The van der Waals surface area contributed by atoms with E-state index in [0.717, 1.165) is 11.1 Å². The van der Waals surface area contributed by atoms with Gasteiger partial charge in [0.05, 0.1) is 18.2 Å². The Balaban J connectivity index is 1.66. The molecule has 0 N–H and O–H groups in total. The molecule has 0 spiro atoms. The average Bonchev–Trinajstić information content (AvgIpc) is 3.27. The molecule has 0 atom stereocenters. The molecule has 0 aliphatic carbocycles. The maximum Gasteiger partial charge on any atom is 0.291 e. The van der Waals surface area contributed by atoms with Crippen molar-refractivity contribution in [2.24, 2.45) is 0 Å². The summed E-state index contributed by atoms with van der Waals surface area (Å²) in [5, 5.41) is 4.31. The van der Waals surface area contributed by atoms with Crippen LogP contribution in [-0.2, 0) is 0 Å². The second-order valence-corrected chi connectivity index (χ2v) is 7.18. The highest BCUT2D eigenvalue weighted by Gasteiger charge is 2.10. The van der Waals surface area contributed by atoms with Gasteiger partial charge in [-0.3, -0.25) is 4.79 Å². The van der Waals surface area contributed by atoms with Gasteiger partial charge in [-0.2, -0.15) is 9.50 Å². The van der Waals surface area contributed by atoms with Crippen LogP contribution >= 0.6 is 11.3 Å². The highest BCUT2D eigenvalue weighted by molar-refractivity contribution is 7.15. The van der Waals surface area contributed by atoms with Crippen LogP contribution in [0.25, 0.3) is 23.2 Å². The van der Waals surface area contributed by atoms with Crippen LogP contribution < -0.4 is 19.6 Å². The molecule has 0 aliphatic rings. The molecule has 146 valence electrons. The summed E-state index contributed by atoms with van der Waals surface area (Å²) in [6.45, 7) is 2.47. The molecule has 29 heavy (non-hydrogen) atoms. The summed E-state index contributed by atoms with van der Waals surface area (Å²) in [6, 6.07) is 15.4. The molecule has 7 heteroatoms. The maximum absolute atomic E-state index is 12.7. The van der Waals surface area contributed by atoms with Crippen LogP contribution in [0.15, 0.2) is 53.3 Å². The predicted octanol–water partition coefficient (Wildman–Crippen LogP) is 3.28. The molecule has 0 aliphatic heterocycles. The molecule has 2 aromatic carbocycles. The topological polar surface area (TPSA) is 65.7 Å². The van der Waals surface area contributed by atoms with Gasteiger partial charge >= 0.3 is 0 Å². The minimum atomic E-state index is -0.190. The Morgan fingerprint density at radius 1 is 1.07 bits per heavy atom. The van der Waals surface area contributed by atoms with Crippen molar-refractivity contribution < 1.29 is 9.47 Å². The quantitative estimate of drug-likeness (QED) is 0.493. The Labute approximate surface area is 171 Å². The van der Waals surface area contributed by atoms with E-state index in [1.165, 1.54) is 15.9 Å². The highest BCUT2D eigenvalue weighted by Crippen LogP contribution is 2.28. The van der Waals surface area contributed by atoms with Gasteiger partial charge in [0.1, 0.15) is 0 Å². The molecule has 0 unspecified atom stereocenters. The van der Waals surface area contributed by atoms with E-state index >= 15 is 0 Å². The smallest absolute Gasteiger partial charge is 0.291 e. The fourth-order valence-corrected chi connectivity index (χ4v) is 3.77. The normalized spacial score (nSPS) is 12.1. The lowest BCUT2D eigenvalue weighted by Gasteiger charge is -2.09. The summed E-state index contributed by atoms with van der Waals surface area (Å²) in [4.78, 5) is 17.7. The number of ether oxygens (including phenoxy) is 2. The van der Waals surface area contributed by atoms with E-state index in [1.807, 2.05) is 61.5 Å². The van der Waals surface area contributed by atoms with Gasteiger partial charge in [-0.1, -0.05) is 53.8 Å². The van der Waals surface area contributed by atoms with Crippen molar-refractivity contribution in [2.75, 3.05) is 13.7 Å². The van der Waals surface area contributed by atoms with Gasteiger partial charge in [0, 0.05) is 0 Å². The lowest BCUT2D eigenvalue weighted by molar-refractivity contribution is 0.311. The van der Waals surface area contributed by atoms with E-state index in [0.29, 0.717) is 33.4 Å². The van der Waals surface area contributed by atoms with Crippen LogP contribution in [0.4, 0.5) is 0 Å². The molecule has 6 nitrogen and oxygen atoms in total. The fourth-order valence-electron chi connectivity index (χ4n) is 2.85. The van der Waals surface area contributed by atoms with E-state index in [2.05, 4.69) is 10.1 Å². The Morgan fingerprint density at radius 3 is 2.62 bits per heavy atom. The van der Waals surface area contributed by atoms with Crippen LogP contribution in [0.2, 0.25) is 0 Å². The first-order chi connectivity index (χ1) is 14.2. The molecule has 0 radical (unpaired) electrons. The van der Waals surface area contributed by atoms with E-state index in [1.54, 1.807) is 19.3 Å². The summed E-state index contributed by atoms with van der Waals surface area (Å²) in [5.74, 6) is 1.80. The molecule has 2 heterocycles. The Bertz CT molecular complexity index is 1280. The van der Waals surface area contributed by atoms with Gasteiger partial charge in [0.2, 0.25) is 4.96 Å². The van der Waals surface area contributed by atoms with Gasteiger partial charge in [-0.25, -0.2) is 0 Å². The number of methoxy groups -OCH3 is 1. The third-order valence-corrected chi connectivity index (χ3v) is 5.17. The minimum absolute atomic E-state index is 0.190. The van der Waals surface area contributed by atoms with Crippen molar-refractivity contribution in [1.29, 1.82) is 0 Å². The zero-order valence-corrected chi connectivity index (χ0v) is 16.8. The number of nitrogens with zero attached hydrogens (tertiary/aromatic N) is 3. The summed E-state index contributed by atoms with van der Waals surface area (Å²) in [6.07, 6.45) is 5.53. The third kappa shape index (κ3) is 4.05. The van der Waals surface area contributed by atoms with E-state index in [4.69, 9.17) is 9.47 Å². The SMILES string of the molecule is CCOc1ccc(C=c2sc3nc(C=Cc4ccccc4)nn3c2=O)cc1OC. The summed E-state index contributed by atoms with van der Waals surface area (Å²) in [5.41, 5.74) is 1.70. The van der Waals surface area contributed by atoms with E-state index in [-0.39, 0.29) is 5.56 Å². The van der Waals surface area contributed by atoms with Crippen molar-refractivity contribution in [3.05, 3.63) is 80.4 Å². The summed E-state index contributed by atoms with van der Waals surface area (Å²) >= 11 is 1.30.